The monoisotopic (exact) mass is 953 g/mol. The van der Waals surface area contributed by atoms with Crippen molar-refractivity contribution in [2.75, 3.05) is 25.6 Å². The Balaban J connectivity index is 0.000000344. The normalized spacial score (nSPS) is 10.0. The molecule has 0 amide bonds. The van der Waals surface area contributed by atoms with Gasteiger partial charge >= 0.3 is 11.9 Å². The molecule has 5 aromatic rings. The highest BCUT2D eigenvalue weighted by atomic mass is 35.5. The van der Waals surface area contributed by atoms with Crippen LogP contribution in [0.2, 0.25) is 20.6 Å². The molecule has 3 aromatic carbocycles. The van der Waals surface area contributed by atoms with Crippen LogP contribution in [0.3, 0.4) is 0 Å². The second-order valence-electron chi connectivity index (χ2n) is 12.4. The van der Waals surface area contributed by atoms with Gasteiger partial charge in [-0.3, -0.25) is 14.4 Å². The first-order valence-corrected chi connectivity index (χ1v) is 19.9. The van der Waals surface area contributed by atoms with Crippen LogP contribution in [0.25, 0.3) is 22.3 Å². The number of nitrogens with zero attached hydrogens (tertiary/aromatic N) is 2. The van der Waals surface area contributed by atoms with E-state index in [2.05, 4.69) is 31.3 Å². The molecule has 0 aliphatic carbocycles. The summed E-state index contributed by atoms with van der Waals surface area (Å²) in [6.07, 6.45) is -0.364. The Bertz CT molecular complexity index is 2440. The highest BCUT2D eigenvalue weighted by Crippen LogP contribution is 2.35. The number of rotatable bonds is 13. The number of ether oxygens (including phenoxy) is 2. The van der Waals surface area contributed by atoms with Crippen molar-refractivity contribution in [1.82, 2.24) is 9.97 Å². The largest absolute Gasteiger partial charge is 0.481 e. The maximum absolute atomic E-state index is 14.2. The fraction of sp³-hybridized carbons (Fsp3) is 0.205. The highest BCUT2D eigenvalue weighted by Gasteiger charge is 2.24. The number of hydrogen-bond donors (Lipinski definition) is 2. The minimum atomic E-state index is -1.05. The van der Waals surface area contributed by atoms with Crippen LogP contribution in [0.15, 0.2) is 91.0 Å². The van der Waals surface area contributed by atoms with E-state index < -0.39 is 52.7 Å². The number of aliphatic carboxylic acids is 1. The van der Waals surface area contributed by atoms with Gasteiger partial charge in [0, 0.05) is 66.9 Å². The summed E-state index contributed by atoms with van der Waals surface area (Å²) in [5.41, 5.74) is 2.17. The minimum absolute atomic E-state index is 0.0141. The van der Waals surface area contributed by atoms with Gasteiger partial charge in [-0.1, -0.05) is 71.2 Å². The van der Waals surface area contributed by atoms with Gasteiger partial charge in [0.25, 0.3) is 11.8 Å². The number of carbonyl (C=O) groups is 5. The molecule has 2 N–H and O–H groups in total. The minimum Gasteiger partial charge on any atom is -0.481 e. The lowest BCUT2D eigenvalue weighted by Crippen LogP contribution is -2.20. The lowest BCUT2D eigenvalue weighted by molar-refractivity contribution is -0.153. The van der Waals surface area contributed by atoms with Gasteiger partial charge in [0.1, 0.15) is 43.9 Å². The van der Waals surface area contributed by atoms with Gasteiger partial charge in [0.05, 0.1) is 13.2 Å². The van der Waals surface area contributed by atoms with Gasteiger partial charge in [0.2, 0.25) is 5.78 Å². The molecule has 5 rings (SSSR count). The lowest BCUT2D eigenvalue weighted by Gasteiger charge is -2.13. The Morgan fingerprint density at radius 1 is 0.683 bits per heavy atom. The maximum atomic E-state index is 14.2. The molecule has 63 heavy (non-hydrogen) atoms. The van der Waals surface area contributed by atoms with Crippen molar-refractivity contribution in [2.24, 2.45) is 0 Å². The highest BCUT2D eigenvalue weighted by molar-refractivity contribution is 6.40. The molecule has 334 valence electrons. The van der Waals surface area contributed by atoms with E-state index in [0.717, 1.165) is 30.8 Å². The molecule has 0 saturated carbocycles. The van der Waals surface area contributed by atoms with Crippen LogP contribution in [0, 0.1) is 23.3 Å². The Labute approximate surface area is 380 Å². The average molecular weight is 956 g/mol. The van der Waals surface area contributed by atoms with Crippen LogP contribution in [-0.4, -0.2) is 64.8 Å². The maximum Gasteiger partial charge on any atom is 0.379 e. The standard InChI is InChI=1S/C18H13Cl2F2NO3.C17H13Cl2F2NO3.C7H9N.C2H4O2/c1-3-26-18(25)16(24)9(2)6-13-12(8-15(19)23-17(13)20)11-5-4-10(21)7-14(11)22;1-2-25-17(24)14(23)6-5-11-12(8-15(18)22-16(11)19)10-4-3-9(20)7-13(10)21;1-8-7-5-3-2-4-6-7;1-2(3)4/h4-5,7-8H,2-3,6H2,1H3;3-4,7-8H,2,5-6H2,1H3;2-6,8H,1H3;1H3,(H,3,4). The molecule has 2 aromatic heterocycles. The van der Waals surface area contributed by atoms with E-state index in [-0.39, 0.29) is 86.5 Å². The number of esters is 2. The molecule has 2 heterocycles. The van der Waals surface area contributed by atoms with E-state index in [1.165, 1.54) is 24.3 Å². The Morgan fingerprint density at radius 2 is 1.13 bits per heavy atom. The predicted octanol–water partition coefficient (Wildman–Crippen LogP) is 10.8. The number of carbonyl (C=O) groups excluding carboxylic acids is 4. The third kappa shape index (κ3) is 17.4. The zero-order chi connectivity index (χ0) is 47.4. The van der Waals surface area contributed by atoms with Crippen LogP contribution in [-0.2, 0) is 46.3 Å². The van der Waals surface area contributed by atoms with Crippen molar-refractivity contribution in [3.05, 3.63) is 146 Å². The number of ketones is 2. The lowest BCUT2D eigenvalue weighted by atomic mass is 9.95. The number of Topliss-reactive ketones (excluding diaryl/α,β-unsaturated/α-hetero) is 2. The predicted molar refractivity (Wildman–Crippen MR) is 233 cm³/mol. The summed E-state index contributed by atoms with van der Waals surface area (Å²) in [6, 6.07) is 18.8. The number of benzene rings is 3. The Morgan fingerprint density at radius 3 is 1.56 bits per heavy atom. The van der Waals surface area contributed by atoms with Crippen LogP contribution in [0.5, 0.6) is 0 Å². The third-order valence-electron chi connectivity index (χ3n) is 7.87. The van der Waals surface area contributed by atoms with E-state index in [4.69, 9.17) is 56.3 Å². The number of aromatic nitrogens is 2. The van der Waals surface area contributed by atoms with E-state index >= 15 is 0 Å². The van der Waals surface area contributed by atoms with Crippen molar-refractivity contribution in [1.29, 1.82) is 0 Å². The van der Waals surface area contributed by atoms with Crippen LogP contribution < -0.4 is 5.32 Å². The summed E-state index contributed by atoms with van der Waals surface area (Å²) in [5, 5.41) is 10.3. The summed E-state index contributed by atoms with van der Waals surface area (Å²) in [6.45, 7) is 7.91. The average Bonchev–Trinajstić information content (AvgIpc) is 3.21. The van der Waals surface area contributed by atoms with Crippen molar-refractivity contribution in [2.45, 2.75) is 40.0 Å². The number of halogens is 8. The fourth-order valence-corrected chi connectivity index (χ4v) is 6.14. The molecular formula is C44H39Cl4F4N3O8. The van der Waals surface area contributed by atoms with Crippen molar-refractivity contribution >= 4 is 81.6 Å². The molecule has 0 aliphatic rings. The van der Waals surface area contributed by atoms with Gasteiger partial charge in [0.15, 0.2) is 0 Å². The van der Waals surface area contributed by atoms with Gasteiger partial charge in [-0.05, 0) is 85.5 Å². The molecule has 0 saturated heterocycles. The first-order chi connectivity index (χ1) is 29.7. The fourth-order valence-electron chi connectivity index (χ4n) is 5.12. The summed E-state index contributed by atoms with van der Waals surface area (Å²) in [7, 11) is 1.91. The third-order valence-corrected chi connectivity index (χ3v) is 8.88. The number of carboxylic acid groups (broad SMARTS) is 1. The van der Waals surface area contributed by atoms with E-state index in [0.29, 0.717) is 11.6 Å². The smallest absolute Gasteiger partial charge is 0.379 e. The molecule has 19 heteroatoms. The SMILES string of the molecule is C=C(Cc1c(-c2ccc(F)cc2F)cc(Cl)nc1Cl)C(=O)C(=O)OCC.CC(=O)O.CCOC(=O)C(=O)CCc1c(-c2ccc(F)cc2F)cc(Cl)nc1Cl.CNc1ccccc1. The molecule has 11 nitrogen and oxygen atoms in total. The molecular weight excluding hydrogens is 916 g/mol. The topological polar surface area (TPSA) is 162 Å². The second-order valence-corrected chi connectivity index (χ2v) is 13.9. The number of hydrogen-bond acceptors (Lipinski definition) is 10. The quantitative estimate of drug-likeness (QED) is 0.0380. The number of carboxylic acids is 1. The summed E-state index contributed by atoms with van der Waals surface area (Å²) < 4.78 is 63.9. The van der Waals surface area contributed by atoms with Crippen molar-refractivity contribution in [3.63, 3.8) is 0 Å². The molecule has 0 fully saturated rings. The zero-order valence-electron chi connectivity index (χ0n) is 34.0. The Hall–Kier alpha value is -5.87. The summed E-state index contributed by atoms with van der Waals surface area (Å²) in [4.78, 5) is 63.4. The zero-order valence-corrected chi connectivity index (χ0v) is 37.0. The van der Waals surface area contributed by atoms with E-state index in [9.17, 15) is 36.7 Å². The Kier molecular flexibility index (Phi) is 22.5. The first kappa shape index (κ1) is 53.3. The van der Waals surface area contributed by atoms with Crippen LogP contribution in [0.4, 0.5) is 23.2 Å². The number of nitrogens with one attached hydrogen (secondary N) is 1. The van der Waals surface area contributed by atoms with Crippen molar-refractivity contribution in [3.8, 4) is 22.3 Å². The molecule has 0 aliphatic heterocycles. The molecule has 0 atom stereocenters. The number of anilines is 1. The molecule has 0 unspecified atom stereocenters. The number of pyridine rings is 2. The molecule has 0 radical (unpaired) electrons. The molecule has 0 bridgehead atoms. The van der Waals surface area contributed by atoms with Gasteiger partial charge in [-0.25, -0.2) is 37.1 Å². The van der Waals surface area contributed by atoms with E-state index in [1.54, 1.807) is 13.8 Å². The van der Waals surface area contributed by atoms with Gasteiger partial charge in [-0.2, -0.15) is 0 Å². The molecule has 0 spiro atoms. The van der Waals surface area contributed by atoms with Gasteiger partial charge in [-0.15, -0.1) is 0 Å². The number of para-hydroxylation sites is 1. The van der Waals surface area contributed by atoms with Crippen molar-refractivity contribution < 1.29 is 56.1 Å². The second kappa shape index (κ2) is 26.6. The van der Waals surface area contributed by atoms with E-state index in [1.807, 2.05) is 37.4 Å². The summed E-state index contributed by atoms with van der Waals surface area (Å²) in [5.74, 6) is -7.63. The van der Waals surface area contributed by atoms with Gasteiger partial charge < -0.3 is 19.9 Å². The van der Waals surface area contributed by atoms with Crippen LogP contribution >= 0.6 is 46.4 Å². The van der Waals surface area contributed by atoms with Crippen LogP contribution in [0.1, 0.15) is 38.3 Å². The summed E-state index contributed by atoms with van der Waals surface area (Å²) >= 11 is 23.9. The first-order valence-electron chi connectivity index (χ1n) is 18.4.